The van der Waals surface area contributed by atoms with Crippen molar-refractivity contribution < 1.29 is 13.0 Å². The van der Waals surface area contributed by atoms with Gasteiger partial charge in [-0.15, -0.1) is 0 Å². The molecule has 0 amide bonds. The summed E-state index contributed by atoms with van der Waals surface area (Å²) < 4.78 is 32.0. The van der Waals surface area contributed by atoms with Gasteiger partial charge in [0.15, 0.2) is 0 Å². The third-order valence-electron chi connectivity index (χ3n) is 1.25. The Hall–Kier alpha value is 1.57. The first-order valence-electron chi connectivity index (χ1n) is 2.94. The number of rotatable bonds is 1. The summed E-state index contributed by atoms with van der Waals surface area (Å²) >= 11 is 9.35. The molecule has 0 spiro atoms. The monoisotopic (exact) mass is 416 g/mol. The van der Waals surface area contributed by atoms with Crippen LogP contribution in [0, 0.1) is 0 Å². The van der Waals surface area contributed by atoms with Gasteiger partial charge in [0.1, 0.15) is 4.90 Å². The van der Waals surface area contributed by atoms with E-state index < -0.39 is 10.1 Å². The van der Waals surface area contributed by atoms with E-state index in [1.165, 1.54) is 12.1 Å². The van der Waals surface area contributed by atoms with E-state index in [1.807, 2.05) is 0 Å². The maximum atomic E-state index is 10.8. The van der Waals surface area contributed by atoms with Gasteiger partial charge in [-0.3, -0.25) is 4.55 Å². The summed E-state index contributed by atoms with van der Waals surface area (Å²) in [6, 6.07) is 2.84. The van der Waals surface area contributed by atoms with Gasteiger partial charge in [-0.25, -0.2) is 0 Å². The molecule has 1 aromatic carbocycles. The fourth-order valence-corrected chi connectivity index (χ4v) is 3.38. The summed E-state index contributed by atoms with van der Waals surface area (Å²) in [5.41, 5.74) is 0. The standard InChI is InChI=1S/C6H3Br3O3S.Na.H/c7-3-1-5(9)6(2-4(3)8)13(10,11)12;;/h1-2H,(H,10,11,12);;. The van der Waals surface area contributed by atoms with Crippen LogP contribution >= 0.6 is 47.8 Å². The predicted molar refractivity (Wildman–Crippen MR) is 66.5 cm³/mol. The Balaban J connectivity index is 0.00000169. The van der Waals surface area contributed by atoms with Gasteiger partial charge in [-0.1, -0.05) is 0 Å². The fraction of sp³-hybridized carbons (Fsp3) is 0. The molecule has 0 saturated heterocycles. The molecule has 0 aromatic heterocycles. The molecule has 0 aliphatic rings. The molecule has 0 unspecified atom stereocenters. The average molecular weight is 419 g/mol. The minimum atomic E-state index is -4.17. The van der Waals surface area contributed by atoms with E-state index in [1.54, 1.807) is 0 Å². The van der Waals surface area contributed by atoms with Gasteiger partial charge in [-0.2, -0.15) is 8.42 Å². The molecule has 0 bridgehead atoms. The van der Waals surface area contributed by atoms with E-state index in [0.29, 0.717) is 13.4 Å². The van der Waals surface area contributed by atoms with E-state index in [-0.39, 0.29) is 34.5 Å². The molecule has 14 heavy (non-hydrogen) atoms. The number of benzene rings is 1. The van der Waals surface area contributed by atoms with Crippen molar-refractivity contribution in [3.05, 3.63) is 25.6 Å². The molecule has 8 heteroatoms. The van der Waals surface area contributed by atoms with Gasteiger partial charge in [0.05, 0.1) is 0 Å². The van der Waals surface area contributed by atoms with Crippen molar-refractivity contribution >= 4 is 87.5 Å². The van der Waals surface area contributed by atoms with Crippen LogP contribution in [0.4, 0.5) is 0 Å². The molecule has 1 rings (SSSR count). The van der Waals surface area contributed by atoms with Crippen LogP contribution in [0.1, 0.15) is 0 Å². The Labute approximate surface area is 129 Å². The van der Waals surface area contributed by atoms with Crippen LogP contribution in [-0.2, 0) is 10.1 Å². The average Bonchev–Trinajstić information content (AvgIpc) is 1.94. The third-order valence-corrected chi connectivity index (χ3v) is 4.91. The molecule has 3 nitrogen and oxygen atoms in total. The number of halogens is 3. The van der Waals surface area contributed by atoms with E-state index in [2.05, 4.69) is 47.8 Å². The molecule has 0 aliphatic carbocycles. The maximum absolute atomic E-state index is 10.8. The molecular formula is C6H4Br3NaO3S. The quantitative estimate of drug-likeness (QED) is 0.433. The Morgan fingerprint density at radius 1 is 1.00 bits per heavy atom. The summed E-state index contributed by atoms with van der Waals surface area (Å²) in [7, 11) is -4.17. The van der Waals surface area contributed by atoms with Crippen molar-refractivity contribution in [2.24, 2.45) is 0 Å². The summed E-state index contributed by atoms with van der Waals surface area (Å²) in [5.74, 6) is 0. The van der Waals surface area contributed by atoms with Gasteiger partial charge < -0.3 is 0 Å². The topological polar surface area (TPSA) is 54.4 Å². The van der Waals surface area contributed by atoms with Gasteiger partial charge in [0, 0.05) is 13.4 Å². The van der Waals surface area contributed by atoms with Crippen LogP contribution in [0.25, 0.3) is 0 Å². The zero-order chi connectivity index (χ0) is 10.2. The molecule has 1 N–H and O–H groups in total. The van der Waals surface area contributed by atoms with Crippen molar-refractivity contribution in [3.63, 3.8) is 0 Å². The molecule has 0 heterocycles. The first-order valence-corrected chi connectivity index (χ1v) is 6.76. The Kier molecular flexibility index (Phi) is 6.41. The second-order valence-corrected chi connectivity index (χ2v) is 6.12. The van der Waals surface area contributed by atoms with Gasteiger partial charge >= 0.3 is 29.6 Å². The zero-order valence-electron chi connectivity index (χ0n) is 5.96. The van der Waals surface area contributed by atoms with Crippen LogP contribution in [0.15, 0.2) is 30.4 Å². The third kappa shape index (κ3) is 3.86. The molecule has 1 aromatic rings. The second-order valence-electron chi connectivity index (χ2n) is 2.17. The molecule has 0 atom stereocenters. The van der Waals surface area contributed by atoms with E-state index in [4.69, 9.17) is 4.55 Å². The second kappa shape index (κ2) is 5.77. The first-order chi connectivity index (χ1) is 5.82. The van der Waals surface area contributed by atoms with Gasteiger partial charge in [0.2, 0.25) is 0 Å². The SMILES string of the molecule is O=S(=O)(O)c1cc(Br)c(Br)cc1Br.[NaH]. The van der Waals surface area contributed by atoms with Gasteiger partial charge in [0.25, 0.3) is 10.1 Å². The van der Waals surface area contributed by atoms with Crippen LogP contribution in [0.5, 0.6) is 0 Å². The molecule has 0 saturated carbocycles. The Bertz CT molecular complexity index is 446. The summed E-state index contributed by atoms with van der Waals surface area (Å²) in [4.78, 5) is -0.164. The number of hydrogen-bond donors (Lipinski definition) is 1. The van der Waals surface area contributed by atoms with Crippen molar-refractivity contribution in [1.29, 1.82) is 0 Å². The molecule has 0 aliphatic heterocycles. The van der Waals surface area contributed by atoms with Gasteiger partial charge in [-0.05, 0) is 59.9 Å². The normalized spacial score (nSPS) is 10.9. The van der Waals surface area contributed by atoms with Crippen molar-refractivity contribution in [3.8, 4) is 0 Å². The molecule has 0 fully saturated rings. The van der Waals surface area contributed by atoms with Crippen LogP contribution in [-0.4, -0.2) is 42.5 Å². The minimum absolute atomic E-state index is 0. The predicted octanol–water partition coefficient (Wildman–Crippen LogP) is 2.57. The first kappa shape index (κ1) is 15.6. The van der Waals surface area contributed by atoms with E-state index in [9.17, 15) is 8.42 Å². The molecule has 74 valence electrons. The van der Waals surface area contributed by atoms with Crippen molar-refractivity contribution in [2.75, 3.05) is 0 Å². The summed E-state index contributed by atoms with van der Waals surface area (Å²) in [6.45, 7) is 0. The summed E-state index contributed by atoms with van der Waals surface area (Å²) in [6.07, 6.45) is 0. The fourth-order valence-electron chi connectivity index (χ4n) is 0.702. The van der Waals surface area contributed by atoms with E-state index >= 15 is 0 Å². The zero-order valence-corrected chi connectivity index (χ0v) is 11.5. The number of hydrogen-bond acceptors (Lipinski definition) is 2. The van der Waals surface area contributed by atoms with Crippen molar-refractivity contribution in [1.82, 2.24) is 0 Å². The Morgan fingerprint density at radius 3 is 1.86 bits per heavy atom. The van der Waals surface area contributed by atoms with Crippen LogP contribution in [0.3, 0.4) is 0 Å². The van der Waals surface area contributed by atoms with Crippen molar-refractivity contribution in [2.45, 2.75) is 4.90 Å². The Morgan fingerprint density at radius 2 is 1.43 bits per heavy atom. The van der Waals surface area contributed by atoms with Crippen LogP contribution in [0.2, 0.25) is 0 Å². The van der Waals surface area contributed by atoms with Crippen LogP contribution < -0.4 is 0 Å². The van der Waals surface area contributed by atoms with E-state index in [0.717, 1.165) is 0 Å². The molecular weight excluding hydrogens is 415 g/mol. The summed E-state index contributed by atoms with van der Waals surface area (Å²) in [5, 5.41) is 0. The molecule has 0 radical (unpaired) electrons.